The first kappa shape index (κ1) is 17.9. The average Bonchev–Trinajstić information content (AvgIpc) is 2.37. The summed E-state index contributed by atoms with van der Waals surface area (Å²) in [5.41, 5.74) is 0. The number of hydrogen-bond donors (Lipinski definition) is 2. The fraction of sp³-hybridized carbons (Fsp3) is 1.00. The molecule has 18 heavy (non-hydrogen) atoms. The largest absolute Gasteiger partial charge is 0.390 e. The van der Waals surface area contributed by atoms with Gasteiger partial charge in [-0.3, -0.25) is 0 Å². The number of aliphatic hydroxyl groups is 2. The molecule has 2 atom stereocenters. The minimum absolute atomic E-state index is 0.502. The molecular formula is C16H34O2. The first-order chi connectivity index (χ1) is 8.72. The van der Waals surface area contributed by atoms with Gasteiger partial charge in [-0.15, -0.1) is 0 Å². The Morgan fingerprint density at radius 2 is 0.889 bits per heavy atom. The molecule has 0 amide bonds. The summed E-state index contributed by atoms with van der Waals surface area (Å²) in [5, 5.41) is 19.7. The second-order valence-corrected chi connectivity index (χ2v) is 5.54. The van der Waals surface area contributed by atoms with E-state index in [1.165, 1.54) is 51.4 Å². The Balaban J connectivity index is 3.36. The van der Waals surface area contributed by atoms with E-state index in [2.05, 4.69) is 13.8 Å². The molecule has 0 fully saturated rings. The monoisotopic (exact) mass is 258 g/mol. The van der Waals surface area contributed by atoms with Crippen LogP contribution in [0.5, 0.6) is 0 Å². The molecule has 0 saturated heterocycles. The normalized spacial score (nSPS) is 14.7. The Morgan fingerprint density at radius 3 is 1.22 bits per heavy atom. The maximum atomic E-state index is 9.83. The van der Waals surface area contributed by atoms with Gasteiger partial charge in [0.25, 0.3) is 0 Å². The van der Waals surface area contributed by atoms with E-state index < -0.39 is 12.2 Å². The molecule has 0 rings (SSSR count). The van der Waals surface area contributed by atoms with Crippen LogP contribution in [0.1, 0.15) is 90.9 Å². The topological polar surface area (TPSA) is 40.5 Å². The molecule has 0 radical (unpaired) electrons. The van der Waals surface area contributed by atoms with Crippen LogP contribution < -0.4 is 0 Å². The second kappa shape index (κ2) is 13.4. The lowest BCUT2D eigenvalue weighted by molar-refractivity contribution is 0.00712. The van der Waals surface area contributed by atoms with E-state index in [1.807, 2.05) is 0 Å². The molecule has 0 aromatic rings. The molecule has 2 heteroatoms. The van der Waals surface area contributed by atoms with Gasteiger partial charge in [-0.05, 0) is 12.8 Å². The van der Waals surface area contributed by atoms with Gasteiger partial charge in [0.1, 0.15) is 0 Å². The molecule has 0 saturated carbocycles. The number of hydrogen-bond acceptors (Lipinski definition) is 2. The van der Waals surface area contributed by atoms with Crippen LogP contribution in [-0.2, 0) is 0 Å². The van der Waals surface area contributed by atoms with Crippen molar-refractivity contribution in [2.75, 3.05) is 0 Å². The molecule has 0 unspecified atom stereocenters. The van der Waals surface area contributed by atoms with Crippen LogP contribution >= 0.6 is 0 Å². The minimum atomic E-state index is -0.502. The fourth-order valence-electron chi connectivity index (χ4n) is 2.30. The van der Waals surface area contributed by atoms with Crippen LogP contribution in [0.4, 0.5) is 0 Å². The molecule has 0 aliphatic heterocycles. The highest BCUT2D eigenvalue weighted by molar-refractivity contribution is 4.67. The van der Waals surface area contributed by atoms with Crippen LogP contribution in [0, 0.1) is 0 Å². The Morgan fingerprint density at radius 1 is 0.556 bits per heavy atom. The standard InChI is InChI=1S/C16H34O2/c1-3-5-7-9-11-13-15(17)16(18)14-12-10-8-6-4-2/h15-18H,3-14H2,1-2H3/t15-,16-/m0/s1. The fourth-order valence-corrected chi connectivity index (χ4v) is 2.30. The van der Waals surface area contributed by atoms with Gasteiger partial charge >= 0.3 is 0 Å². The summed E-state index contributed by atoms with van der Waals surface area (Å²) in [4.78, 5) is 0. The Hall–Kier alpha value is -0.0800. The van der Waals surface area contributed by atoms with Crippen LogP contribution in [0.25, 0.3) is 0 Å². The van der Waals surface area contributed by atoms with E-state index in [0.717, 1.165) is 25.7 Å². The maximum Gasteiger partial charge on any atom is 0.0799 e. The van der Waals surface area contributed by atoms with Crippen LogP contribution in [0.15, 0.2) is 0 Å². The molecule has 0 aromatic carbocycles. The van der Waals surface area contributed by atoms with Gasteiger partial charge in [-0.1, -0.05) is 78.1 Å². The first-order valence-electron chi connectivity index (χ1n) is 8.08. The van der Waals surface area contributed by atoms with Crippen LogP contribution in [0.3, 0.4) is 0 Å². The summed E-state index contributed by atoms with van der Waals surface area (Å²) in [5.74, 6) is 0. The molecule has 2 nitrogen and oxygen atoms in total. The van der Waals surface area contributed by atoms with Crippen LogP contribution in [0.2, 0.25) is 0 Å². The van der Waals surface area contributed by atoms with Gasteiger partial charge in [0.15, 0.2) is 0 Å². The highest BCUT2D eigenvalue weighted by Gasteiger charge is 2.14. The Labute approximate surface area is 114 Å². The Kier molecular flexibility index (Phi) is 13.3. The van der Waals surface area contributed by atoms with E-state index in [0.29, 0.717) is 0 Å². The average molecular weight is 258 g/mol. The summed E-state index contributed by atoms with van der Waals surface area (Å²) >= 11 is 0. The van der Waals surface area contributed by atoms with E-state index in [9.17, 15) is 10.2 Å². The van der Waals surface area contributed by atoms with Gasteiger partial charge in [-0.2, -0.15) is 0 Å². The summed E-state index contributed by atoms with van der Waals surface area (Å²) in [6.07, 6.45) is 12.6. The predicted molar refractivity (Wildman–Crippen MR) is 78.8 cm³/mol. The maximum absolute atomic E-state index is 9.83. The quantitative estimate of drug-likeness (QED) is 0.480. The minimum Gasteiger partial charge on any atom is -0.390 e. The van der Waals surface area contributed by atoms with Crippen molar-refractivity contribution in [2.45, 2.75) is 103 Å². The van der Waals surface area contributed by atoms with Gasteiger partial charge in [-0.25, -0.2) is 0 Å². The zero-order chi connectivity index (χ0) is 13.6. The Bertz CT molecular complexity index is 141. The summed E-state index contributed by atoms with van der Waals surface area (Å²) < 4.78 is 0. The molecule has 2 N–H and O–H groups in total. The van der Waals surface area contributed by atoms with Gasteiger partial charge in [0.2, 0.25) is 0 Å². The molecule has 0 aliphatic carbocycles. The zero-order valence-electron chi connectivity index (χ0n) is 12.5. The molecule has 110 valence electrons. The lowest BCUT2D eigenvalue weighted by atomic mass is 10.00. The highest BCUT2D eigenvalue weighted by atomic mass is 16.3. The van der Waals surface area contributed by atoms with Crippen molar-refractivity contribution in [3.8, 4) is 0 Å². The van der Waals surface area contributed by atoms with E-state index in [1.54, 1.807) is 0 Å². The van der Waals surface area contributed by atoms with Gasteiger partial charge in [0, 0.05) is 0 Å². The molecule has 0 spiro atoms. The van der Waals surface area contributed by atoms with E-state index >= 15 is 0 Å². The molecule has 0 aliphatic rings. The van der Waals surface area contributed by atoms with Crippen molar-refractivity contribution < 1.29 is 10.2 Å². The molecule has 0 aromatic heterocycles. The third-order valence-corrected chi connectivity index (χ3v) is 3.65. The van der Waals surface area contributed by atoms with Crippen molar-refractivity contribution in [3.63, 3.8) is 0 Å². The summed E-state index contributed by atoms with van der Waals surface area (Å²) in [6, 6.07) is 0. The highest BCUT2D eigenvalue weighted by Crippen LogP contribution is 2.14. The zero-order valence-corrected chi connectivity index (χ0v) is 12.5. The number of unbranched alkanes of at least 4 members (excludes halogenated alkanes) is 8. The van der Waals surface area contributed by atoms with Crippen molar-refractivity contribution in [3.05, 3.63) is 0 Å². The summed E-state index contributed by atoms with van der Waals surface area (Å²) in [7, 11) is 0. The van der Waals surface area contributed by atoms with Crippen LogP contribution in [-0.4, -0.2) is 22.4 Å². The molecular weight excluding hydrogens is 224 g/mol. The second-order valence-electron chi connectivity index (χ2n) is 5.54. The van der Waals surface area contributed by atoms with Crippen molar-refractivity contribution in [1.82, 2.24) is 0 Å². The number of aliphatic hydroxyl groups excluding tert-OH is 2. The third kappa shape index (κ3) is 11.0. The van der Waals surface area contributed by atoms with Crippen molar-refractivity contribution in [1.29, 1.82) is 0 Å². The first-order valence-corrected chi connectivity index (χ1v) is 8.08. The van der Waals surface area contributed by atoms with Gasteiger partial charge in [0.05, 0.1) is 12.2 Å². The lowest BCUT2D eigenvalue weighted by Crippen LogP contribution is -2.25. The number of rotatable bonds is 13. The molecule has 0 heterocycles. The SMILES string of the molecule is CCCCCCC[C@H](O)[C@@H](O)CCCCCCC. The van der Waals surface area contributed by atoms with Crippen molar-refractivity contribution in [2.24, 2.45) is 0 Å². The third-order valence-electron chi connectivity index (χ3n) is 3.65. The predicted octanol–water partition coefficient (Wildman–Crippen LogP) is 4.43. The van der Waals surface area contributed by atoms with Crippen molar-refractivity contribution >= 4 is 0 Å². The van der Waals surface area contributed by atoms with E-state index in [-0.39, 0.29) is 0 Å². The van der Waals surface area contributed by atoms with E-state index in [4.69, 9.17) is 0 Å². The lowest BCUT2D eigenvalue weighted by Gasteiger charge is -2.17. The van der Waals surface area contributed by atoms with Gasteiger partial charge < -0.3 is 10.2 Å². The summed E-state index contributed by atoms with van der Waals surface area (Å²) in [6.45, 7) is 4.41. The smallest absolute Gasteiger partial charge is 0.0799 e. The molecule has 0 bridgehead atoms.